The summed E-state index contributed by atoms with van der Waals surface area (Å²) < 4.78 is 2.25. The second-order valence-electron chi connectivity index (χ2n) is 26.4. The van der Waals surface area contributed by atoms with Crippen LogP contribution >= 0.6 is 31.9 Å². The van der Waals surface area contributed by atoms with Crippen LogP contribution in [0.5, 0.6) is 0 Å². The molecule has 0 saturated carbocycles. The first-order valence-corrected chi connectivity index (χ1v) is 36.3. The van der Waals surface area contributed by atoms with Gasteiger partial charge >= 0.3 is 7.12 Å². The Hall–Kier alpha value is -11.8. The monoisotopic (exact) mass is 1440 g/mol. The van der Waals surface area contributed by atoms with Gasteiger partial charge in [-0.3, -0.25) is 0 Å². The molecule has 2 N–H and O–H groups in total. The lowest BCUT2D eigenvalue weighted by Gasteiger charge is -2.16. The lowest BCUT2D eigenvalue weighted by Crippen LogP contribution is -2.29. The lowest BCUT2D eigenvalue weighted by molar-refractivity contribution is 0.426. The van der Waals surface area contributed by atoms with Gasteiger partial charge in [-0.2, -0.15) is 0 Å². The van der Waals surface area contributed by atoms with E-state index in [2.05, 4.69) is 359 Å². The van der Waals surface area contributed by atoms with Crippen LogP contribution in [0, 0.1) is 0 Å². The maximum absolute atomic E-state index is 9.91. The smallest absolute Gasteiger partial charge is 0.423 e. The maximum Gasteiger partial charge on any atom is 0.488 e. The number of fused-ring (bicyclic) bond motifs is 11. The summed E-state index contributed by atoms with van der Waals surface area (Å²) in [7, 11) is -1.52. The first kappa shape index (κ1) is 64.6. The molecule has 19 aromatic carbocycles. The lowest BCUT2D eigenvalue weighted by atomic mass is 9.77. The molecule has 0 saturated heterocycles. The Morgan fingerprint density at radius 1 is 0.165 bits per heavy atom. The Morgan fingerprint density at radius 3 is 0.767 bits per heavy atom. The minimum atomic E-state index is -1.52. The van der Waals surface area contributed by atoms with Crippen molar-refractivity contribution in [3.8, 4) is 89.0 Å². The van der Waals surface area contributed by atoms with Gasteiger partial charge in [-0.15, -0.1) is 0 Å². The number of halogens is 2. The Kier molecular flexibility index (Phi) is 17.8. The first-order valence-electron chi connectivity index (χ1n) is 34.8. The third-order valence-corrected chi connectivity index (χ3v) is 20.9. The summed E-state index contributed by atoms with van der Waals surface area (Å²) >= 11 is 6.88. The fourth-order valence-corrected chi connectivity index (χ4v) is 15.7. The standard InChI is InChI=1S/C62H40.C26H19BO2.C10H6Br2/c1-3-15-41(16-4-1)49-33-51(37-53(35-49)61-39-47-19-7-9-21-55(47)57-23-11-13-25-59(57)61)45-29-27-44-32-46(30-28-43(44)31-45)52-34-50(42-17-5-2-6-18-42)36-54(38-52)62-40-48-20-8-10-22-56(48)58-24-12-14-26-60(58)62;28-27(29)22-15-20(18-8-2-1-3-9-18)14-21(16-22)26-17-19-10-4-5-11-23(19)24-12-6-7-13-25(24)26;11-9-3-1-7-5-10(12)4-2-8(7)6-9/h1-40H;1-17,28-29H;1-6H. The largest absolute Gasteiger partial charge is 0.488 e. The Morgan fingerprint density at radius 2 is 0.417 bits per heavy atom. The van der Waals surface area contributed by atoms with Crippen molar-refractivity contribution < 1.29 is 10.0 Å². The molecule has 0 aliphatic carbocycles. The predicted octanol–water partition coefficient (Wildman–Crippen LogP) is 26.8. The summed E-state index contributed by atoms with van der Waals surface area (Å²) in [6.45, 7) is 0. The van der Waals surface area contributed by atoms with E-state index >= 15 is 0 Å². The first-order chi connectivity index (χ1) is 50.7. The predicted molar refractivity (Wildman–Crippen MR) is 448 cm³/mol. The van der Waals surface area contributed by atoms with Crippen LogP contribution in [0.2, 0.25) is 0 Å². The molecule has 486 valence electrons. The number of hydrogen-bond acceptors (Lipinski definition) is 2. The fourth-order valence-electron chi connectivity index (χ4n) is 14.9. The van der Waals surface area contributed by atoms with Crippen molar-refractivity contribution >= 4 is 131 Å². The third kappa shape index (κ3) is 13.2. The van der Waals surface area contributed by atoms with Gasteiger partial charge in [-0.25, -0.2) is 0 Å². The molecule has 0 aliphatic rings. The average Bonchev–Trinajstić information content (AvgIpc) is 0.766. The summed E-state index contributed by atoms with van der Waals surface area (Å²) in [6.07, 6.45) is 0. The molecule has 19 rings (SSSR count). The summed E-state index contributed by atoms with van der Waals surface area (Å²) in [6, 6.07) is 137. The van der Waals surface area contributed by atoms with Crippen molar-refractivity contribution in [2.75, 3.05) is 0 Å². The highest BCUT2D eigenvalue weighted by Crippen LogP contribution is 2.43. The van der Waals surface area contributed by atoms with E-state index in [0.29, 0.717) is 5.46 Å². The van der Waals surface area contributed by atoms with Crippen molar-refractivity contribution in [1.82, 2.24) is 0 Å². The van der Waals surface area contributed by atoms with Crippen LogP contribution in [0.25, 0.3) is 175 Å². The van der Waals surface area contributed by atoms with E-state index in [0.717, 1.165) is 42.0 Å². The summed E-state index contributed by atoms with van der Waals surface area (Å²) in [5.74, 6) is 0. The molecule has 0 spiro atoms. The van der Waals surface area contributed by atoms with Crippen LogP contribution < -0.4 is 5.46 Å². The summed E-state index contributed by atoms with van der Waals surface area (Å²) in [4.78, 5) is 0. The van der Waals surface area contributed by atoms with Gasteiger partial charge in [0.05, 0.1) is 0 Å². The minimum absolute atomic E-state index is 0.485. The Balaban J connectivity index is 0.000000157. The second-order valence-corrected chi connectivity index (χ2v) is 28.2. The highest BCUT2D eigenvalue weighted by Gasteiger charge is 2.19. The van der Waals surface area contributed by atoms with Crippen LogP contribution in [0.4, 0.5) is 0 Å². The van der Waals surface area contributed by atoms with Crippen LogP contribution in [0.3, 0.4) is 0 Å². The van der Waals surface area contributed by atoms with E-state index in [1.54, 1.807) is 0 Å². The van der Waals surface area contributed by atoms with Gasteiger partial charge in [0, 0.05) is 8.95 Å². The Labute approximate surface area is 616 Å². The van der Waals surface area contributed by atoms with E-state index in [1.807, 2.05) is 54.6 Å². The van der Waals surface area contributed by atoms with Gasteiger partial charge in [-0.05, 0) is 278 Å². The zero-order valence-electron chi connectivity index (χ0n) is 56.1. The van der Waals surface area contributed by atoms with Crippen LogP contribution in [0.15, 0.2) is 391 Å². The molecule has 0 unspecified atom stereocenters. The molecule has 19 aromatic rings. The van der Waals surface area contributed by atoms with Crippen LogP contribution in [0.1, 0.15) is 0 Å². The van der Waals surface area contributed by atoms with Gasteiger partial charge in [0.1, 0.15) is 0 Å². The SMILES string of the molecule is Brc1ccc2cc(Br)ccc2c1.OB(O)c1cc(-c2ccccc2)cc(-c2cc3ccccc3c3ccccc23)c1.c1ccc(-c2cc(-c3ccc4cc(-c5cc(-c6ccccc6)cc(-c6cc7ccccc7c7ccccc67)c5)ccc4c3)cc(-c3cc4ccccc4c4ccccc34)c2)cc1. The van der Waals surface area contributed by atoms with E-state index < -0.39 is 7.12 Å². The summed E-state index contributed by atoms with van der Waals surface area (Å²) in [5, 5.41) is 39.6. The highest BCUT2D eigenvalue weighted by molar-refractivity contribution is 9.10. The van der Waals surface area contributed by atoms with E-state index in [9.17, 15) is 10.0 Å². The number of benzene rings is 19. The molecular formula is C98H65BBr2O2. The topological polar surface area (TPSA) is 40.5 Å². The fraction of sp³-hybridized carbons (Fsp3) is 0. The average molecular weight is 1450 g/mol. The van der Waals surface area contributed by atoms with Gasteiger partial charge in [0.2, 0.25) is 0 Å². The normalized spacial score (nSPS) is 11.3. The van der Waals surface area contributed by atoms with E-state index in [-0.39, 0.29) is 0 Å². The van der Waals surface area contributed by atoms with Gasteiger partial charge in [-0.1, -0.05) is 317 Å². The third-order valence-electron chi connectivity index (χ3n) is 19.9. The highest BCUT2D eigenvalue weighted by atomic mass is 79.9. The zero-order chi connectivity index (χ0) is 69.3. The van der Waals surface area contributed by atoms with E-state index in [4.69, 9.17) is 0 Å². The van der Waals surface area contributed by atoms with Crippen molar-refractivity contribution in [3.05, 3.63) is 391 Å². The van der Waals surface area contributed by atoms with Gasteiger partial charge in [0.15, 0.2) is 0 Å². The van der Waals surface area contributed by atoms with Crippen LogP contribution in [-0.4, -0.2) is 17.2 Å². The van der Waals surface area contributed by atoms with Crippen molar-refractivity contribution in [1.29, 1.82) is 0 Å². The molecule has 0 radical (unpaired) electrons. The van der Waals surface area contributed by atoms with Gasteiger partial charge in [0.25, 0.3) is 0 Å². The minimum Gasteiger partial charge on any atom is -0.423 e. The maximum atomic E-state index is 9.91. The molecule has 5 heteroatoms. The number of hydrogen-bond donors (Lipinski definition) is 2. The molecule has 0 heterocycles. The van der Waals surface area contributed by atoms with Crippen molar-refractivity contribution in [3.63, 3.8) is 0 Å². The quantitative estimate of drug-likeness (QED) is 0.112. The van der Waals surface area contributed by atoms with Crippen LogP contribution in [-0.2, 0) is 0 Å². The molecule has 103 heavy (non-hydrogen) atoms. The van der Waals surface area contributed by atoms with Crippen molar-refractivity contribution in [2.45, 2.75) is 0 Å². The molecule has 0 fully saturated rings. The molecule has 2 nitrogen and oxygen atoms in total. The second kappa shape index (κ2) is 28.3. The molecule has 0 atom stereocenters. The molecule has 0 bridgehead atoms. The molecular weight excluding hydrogens is 1380 g/mol. The Bertz CT molecular complexity index is 6140. The molecule has 0 aromatic heterocycles. The van der Waals surface area contributed by atoms with Gasteiger partial charge < -0.3 is 10.0 Å². The zero-order valence-corrected chi connectivity index (χ0v) is 59.3. The number of rotatable bonds is 9. The molecule has 0 amide bonds. The van der Waals surface area contributed by atoms with E-state index in [1.165, 1.54) is 142 Å². The summed E-state index contributed by atoms with van der Waals surface area (Å²) in [5.41, 5.74) is 19.1. The molecule has 0 aliphatic heterocycles. The van der Waals surface area contributed by atoms with Crippen molar-refractivity contribution in [2.24, 2.45) is 0 Å².